The average molecular weight is 248 g/mol. The van der Waals surface area contributed by atoms with Crippen LogP contribution in [0.1, 0.15) is 19.5 Å². The van der Waals surface area contributed by atoms with Crippen LogP contribution in [-0.4, -0.2) is 39.5 Å². The standard InChI is InChI=1S/C12H16N4O2/c1-8(2)11-12(18)16(7-10(17)14-11)6-9-4-3-5-13-15-9/h3-5,8,11H,6-7H2,1-2H3,(H,14,17). The fourth-order valence-corrected chi connectivity index (χ4v) is 1.93. The summed E-state index contributed by atoms with van der Waals surface area (Å²) in [6, 6.07) is 3.11. The van der Waals surface area contributed by atoms with E-state index in [0.29, 0.717) is 12.2 Å². The Kier molecular flexibility index (Phi) is 3.55. The minimum atomic E-state index is -0.442. The molecule has 0 spiro atoms. The van der Waals surface area contributed by atoms with Crippen molar-refractivity contribution in [2.45, 2.75) is 26.4 Å². The van der Waals surface area contributed by atoms with Gasteiger partial charge in [0.05, 0.1) is 12.2 Å². The number of hydrogen-bond donors (Lipinski definition) is 1. The first kappa shape index (κ1) is 12.5. The van der Waals surface area contributed by atoms with E-state index in [2.05, 4.69) is 15.5 Å². The Morgan fingerprint density at radius 2 is 2.28 bits per heavy atom. The van der Waals surface area contributed by atoms with Crippen LogP contribution in [0.5, 0.6) is 0 Å². The summed E-state index contributed by atoms with van der Waals surface area (Å²) in [4.78, 5) is 25.3. The van der Waals surface area contributed by atoms with Gasteiger partial charge in [-0.15, -0.1) is 0 Å². The second-order valence-corrected chi connectivity index (χ2v) is 4.70. The molecule has 1 aliphatic heterocycles. The molecule has 1 atom stereocenters. The van der Waals surface area contributed by atoms with E-state index in [9.17, 15) is 9.59 Å². The first-order valence-corrected chi connectivity index (χ1v) is 5.92. The molecule has 96 valence electrons. The van der Waals surface area contributed by atoms with Crippen molar-refractivity contribution in [3.05, 3.63) is 24.0 Å². The van der Waals surface area contributed by atoms with E-state index in [0.717, 1.165) is 0 Å². The molecule has 2 heterocycles. The zero-order chi connectivity index (χ0) is 13.1. The van der Waals surface area contributed by atoms with Crippen molar-refractivity contribution in [1.82, 2.24) is 20.4 Å². The van der Waals surface area contributed by atoms with Crippen LogP contribution in [0.25, 0.3) is 0 Å². The van der Waals surface area contributed by atoms with Crippen LogP contribution < -0.4 is 5.32 Å². The number of carbonyl (C=O) groups is 2. The highest BCUT2D eigenvalue weighted by Crippen LogP contribution is 2.12. The van der Waals surface area contributed by atoms with Crippen molar-refractivity contribution in [3.8, 4) is 0 Å². The summed E-state index contributed by atoms with van der Waals surface area (Å²) in [7, 11) is 0. The van der Waals surface area contributed by atoms with Crippen molar-refractivity contribution in [3.63, 3.8) is 0 Å². The van der Waals surface area contributed by atoms with E-state index in [-0.39, 0.29) is 24.3 Å². The van der Waals surface area contributed by atoms with Gasteiger partial charge in [-0.2, -0.15) is 10.2 Å². The smallest absolute Gasteiger partial charge is 0.246 e. The number of amides is 2. The highest BCUT2D eigenvalue weighted by Gasteiger charge is 2.34. The van der Waals surface area contributed by atoms with Crippen LogP contribution in [0.4, 0.5) is 0 Å². The Bertz CT molecular complexity index is 447. The molecule has 1 N–H and O–H groups in total. The Labute approximate surface area is 105 Å². The van der Waals surface area contributed by atoms with Crippen LogP contribution >= 0.6 is 0 Å². The Hall–Kier alpha value is -1.98. The summed E-state index contributed by atoms with van der Waals surface area (Å²) >= 11 is 0. The molecule has 1 aliphatic rings. The highest BCUT2D eigenvalue weighted by atomic mass is 16.2. The minimum Gasteiger partial charge on any atom is -0.343 e. The first-order chi connectivity index (χ1) is 8.58. The zero-order valence-electron chi connectivity index (χ0n) is 10.5. The monoisotopic (exact) mass is 248 g/mol. The molecular weight excluding hydrogens is 232 g/mol. The van der Waals surface area contributed by atoms with Gasteiger partial charge in [-0.25, -0.2) is 0 Å². The van der Waals surface area contributed by atoms with Crippen LogP contribution in [0.2, 0.25) is 0 Å². The van der Waals surface area contributed by atoms with Gasteiger partial charge in [0.15, 0.2) is 0 Å². The number of nitrogens with one attached hydrogen (secondary N) is 1. The van der Waals surface area contributed by atoms with E-state index in [1.54, 1.807) is 18.3 Å². The van der Waals surface area contributed by atoms with Gasteiger partial charge in [0.25, 0.3) is 0 Å². The maximum absolute atomic E-state index is 12.2. The Morgan fingerprint density at radius 1 is 1.50 bits per heavy atom. The Morgan fingerprint density at radius 3 is 2.89 bits per heavy atom. The lowest BCUT2D eigenvalue weighted by molar-refractivity contribution is -0.146. The summed E-state index contributed by atoms with van der Waals surface area (Å²) in [5.74, 6) is -0.112. The molecule has 2 amide bonds. The largest absolute Gasteiger partial charge is 0.343 e. The van der Waals surface area contributed by atoms with E-state index in [1.807, 2.05) is 13.8 Å². The van der Waals surface area contributed by atoms with Gasteiger partial charge in [-0.3, -0.25) is 9.59 Å². The fourth-order valence-electron chi connectivity index (χ4n) is 1.93. The first-order valence-electron chi connectivity index (χ1n) is 5.92. The van der Waals surface area contributed by atoms with Crippen LogP contribution in [-0.2, 0) is 16.1 Å². The predicted molar refractivity (Wildman–Crippen MR) is 64.2 cm³/mol. The average Bonchev–Trinajstić information content (AvgIpc) is 2.34. The van der Waals surface area contributed by atoms with Crippen molar-refractivity contribution in [2.75, 3.05) is 6.54 Å². The van der Waals surface area contributed by atoms with Crippen LogP contribution in [0, 0.1) is 5.92 Å². The molecule has 2 rings (SSSR count). The summed E-state index contributed by atoms with van der Waals surface area (Å²) < 4.78 is 0. The number of carbonyl (C=O) groups excluding carboxylic acids is 2. The summed E-state index contributed by atoms with van der Waals surface area (Å²) in [5.41, 5.74) is 0.683. The molecule has 1 aromatic heterocycles. The molecule has 6 nitrogen and oxygen atoms in total. The van der Waals surface area contributed by atoms with Crippen molar-refractivity contribution in [1.29, 1.82) is 0 Å². The van der Waals surface area contributed by atoms with E-state index < -0.39 is 6.04 Å². The van der Waals surface area contributed by atoms with Gasteiger partial charge < -0.3 is 10.2 Å². The van der Waals surface area contributed by atoms with E-state index >= 15 is 0 Å². The maximum atomic E-state index is 12.2. The lowest BCUT2D eigenvalue weighted by Crippen LogP contribution is -2.59. The number of aromatic nitrogens is 2. The second kappa shape index (κ2) is 5.12. The zero-order valence-corrected chi connectivity index (χ0v) is 10.5. The molecule has 1 unspecified atom stereocenters. The fraction of sp³-hybridized carbons (Fsp3) is 0.500. The quantitative estimate of drug-likeness (QED) is 0.814. The van der Waals surface area contributed by atoms with Crippen LogP contribution in [0.3, 0.4) is 0 Å². The van der Waals surface area contributed by atoms with Crippen molar-refractivity contribution in [2.24, 2.45) is 5.92 Å². The number of rotatable bonds is 3. The molecular formula is C12H16N4O2. The summed E-state index contributed by atoms with van der Waals surface area (Å²) in [6.07, 6.45) is 1.57. The van der Waals surface area contributed by atoms with Crippen molar-refractivity contribution < 1.29 is 9.59 Å². The van der Waals surface area contributed by atoms with Gasteiger partial charge >= 0.3 is 0 Å². The van der Waals surface area contributed by atoms with E-state index in [4.69, 9.17) is 0 Å². The normalized spacial score (nSPS) is 20.2. The summed E-state index contributed by atoms with van der Waals surface area (Å²) in [5, 5.41) is 10.4. The van der Waals surface area contributed by atoms with Gasteiger partial charge in [-0.05, 0) is 18.1 Å². The third-order valence-corrected chi connectivity index (χ3v) is 2.88. The molecule has 1 aromatic rings. The Balaban J connectivity index is 2.12. The number of piperazine rings is 1. The molecule has 1 saturated heterocycles. The van der Waals surface area contributed by atoms with Crippen molar-refractivity contribution >= 4 is 11.8 Å². The van der Waals surface area contributed by atoms with Crippen LogP contribution in [0.15, 0.2) is 18.3 Å². The highest BCUT2D eigenvalue weighted by molar-refractivity contribution is 5.94. The third-order valence-electron chi connectivity index (χ3n) is 2.88. The minimum absolute atomic E-state index is 0.0600. The van der Waals surface area contributed by atoms with Gasteiger partial charge in [0.1, 0.15) is 12.6 Å². The molecule has 0 saturated carbocycles. The molecule has 0 bridgehead atoms. The molecule has 6 heteroatoms. The lowest BCUT2D eigenvalue weighted by atomic mass is 10.0. The molecule has 0 aromatic carbocycles. The lowest BCUT2D eigenvalue weighted by Gasteiger charge is -2.34. The SMILES string of the molecule is CC(C)C1NC(=O)CN(Cc2cccnn2)C1=O. The molecule has 0 aliphatic carbocycles. The van der Waals surface area contributed by atoms with E-state index in [1.165, 1.54) is 4.90 Å². The molecule has 18 heavy (non-hydrogen) atoms. The van der Waals surface area contributed by atoms with Gasteiger partial charge in [0, 0.05) is 6.20 Å². The predicted octanol–water partition coefficient (Wildman–Crippen LogP) is -0.0404. The summed E-state index contributed by atoms with van der Waals surface area (Å²) in [6.45, 7) is 4.23. The molecule has 1 fully saturated rings. The van der Waals surface area contributed by atoms with Gasteiger partial charge in [-0.1, -0.05) is 13.8 Å². The molecule has 0 radical (unpaired) electrons. The maximum Gasteiger partial charge on any atom is 0.246 e. The third kappa shape index (κ3) is 2.64. The topological polar surface area (TPSA) is 75.2 Å². The second-order valence-electron chi connectivity index (χ2n) is 4.70. The number of hydrogen-bond acceptors (Lipinski definition) is 4. The number of nitrogens with zero attached hydrogens (tertiary/aromatic N) is 3. The van der Waals surface area contributed by atoms with Gasteiger partial charge in [0.2, 0.25) is 11.8 Å².